The number of hydrogen-bond donors (Lipinski definition) is 1. The molecule has 0 aliphatic carbocycles. The predicted molar refractivity (Wildman–Crippen MR) is 93.0 cm³/mol. The van der Waals surface area contributed by atoms with Gasteiger partial charge >= 0.3 is 0 Å². The second kappa shape index (κ2) is 9.78. The molecule has 1 aromatic heterocycles. The number of nitrogens with zero attached hydrogens (tertiary/aromatic N) is 2. The van der Waals surface area contributed by atoms with Crippen LogP contribution in [-0.2, 0) is 13.0 Å². The lowest BCUT2D eigenvalue weighted by molar-refractivity contribution is 0.552. The van der Waals surface area contributed by atoms with Crippen LogP contribution in [0.25, 0.3) is 0 Å². The van der Waals surface area contributed by atoms with Gasteiger partial charge in [-0.2, -0.15) is 0 Å². The van der Waals surface area contributed by atoms with Gasteiger partial charge in [0.15, 0.2) is 0 Å². The number of hydrogen-bond acceptors (Lipinski definition) is 3. The number of nitrogens with one attached hydrogen (secondary N) is 1. The van der Waals surface area contributed by atoms with Gasteiger partial charge in [-0.25, -0.2) is 4.98 Å². The quantitative estimate of drug-likeness (QED) is 0.706. The summed E-state index contributed by atoms with van der Waals surface area (Å²) < 4.78 is 0. The minimum Gasteiger partial charge on any atom is -0.357 e. The summed E-state index contributed by atoms with van der Waals surface area (Å²) in [7, 11) is 0. The van der Waals surface area contributed by atoms with Crippen LogP contribution in [0, 0.1) is 5.92 Å². The molecule has 0 spiro atoms. The Bertz CT molecular complexity index is 401. The molecular formula is C18H33N3. The first-order valence-electron chi connectivity index (χ1n) is 8.56. The first kappa shape index (κ1) is 18.0. The van der Waals surface area contributed by atoms with Crippen molar-refractivity contribution in [2.24, 2.45) is 5.92 Å². The first-order chi connectivity index (χ1) is 10.1. The average Bonchev–Trinajstić information content (AvgIpc) is 2.47. The summed E-state index contributed by atoms with van der Waals surface area (Å²) in [6.07, 6.45) is 3.45. The normalized spacial score (nSPS) is 11.1. The van der Waals surface area contributed by atoms with Crippen molar-refractivity contribution in [1.29, 1.82) is 0 Å². The second-order valence-corrected chi connectivity index (χ2v) is 6.14. The fraction of sp³-hybridized carbons (Fsp3) is 0.722. The lowest BCUT2D eigenvalue weighted by Gasteiger charge is -2.23. The Morgan fingerprint density at radius 1 is 1.19 bits per heavy atom. The fourth-order valence-electron chi connectivity index (χ4n) is 2.37. The topological polar surface area (TPSA) is 28.2 Å². The van der Waals surface area contributed by atoms with E-state index in [2.05, 4.69) is 57.0 Å². The van der Waals surface area contributed by atoms with E-state index >= 15 is 0 Å². The van der Waals surface area contributed by atoms with Crippen LogP contribution in [0.2, 0.25) is 0 Å². The molecule has 0 unspecified atom stereocenters. The highest BCUT2D eigenvalue weighted by atomic mass is 15.2. The Morgan fingerprint density at radius 2 is 1.95 bits per heavy atom. The average molecular weight is 291 g/mol. The highest BCUT2D eigenvalue weighted by molar-refractivity contribution is 5.42. The lowest BCUT2D eigenvalue weighted by Crippen LogP contribution is -2.26. The molecule has 0 saturated carbocycles. The van der Waals surface area contributed by atoms with Gasteiger partial charge in [-0.15, -0.1) is 0 Å². The van der Waals surface area contributed by atoms with Gasteiger partial charge in [0.05, 0.1) is 0 Å². The van der Waals surface area contributed by atoms with Crippen LogP contribution in [0.15, 0.2) is 12.1 Å². The van der Waals surface area contributed by atoms with E-state index in [-0.39, 0.29) is 0 Å². The van der Waals surface area contributed by atoms with E-state index in [0.717, 1.165) is 38.4 Å². The van der Waals surface area contributed by atoms with Crippen LogP contribution in [0.3, 0.4) is 0 Å². The molecule has 1 heterocycles. The van der Waals surface area contributed by atoms with Crippen LogP contribution >= 0.6 is 0 Å². The van der Waals surface area contributed by atoms with Crippen molar-refractivity contribution >= 4 is 5.82 Å². The summed E-state index contributed by atoms with van der Waals surface area (Å²) in [4.78, 5) is 7.21. The molecule has 0 fully saturated rings. The number of unbranched alkanes of at least 4 members (excludes halogenated alkanes) is 1. The molecule has 21 heavy (non-hydrogen) atoms. The fourth-order valence-corrected chi connectivity index (χ4v) is 2.37. The first-order valence-corrected chi connectivity index (χ1v) is 8.56. The third kappa shape index (κ3) is 6.47. The summed E-state index contributed by atoms with van der Waals surface area (Å²) in [5, 5.41) is 3.53. The number of anilines is 1. The standard InChI is InChI=1S/C18H33N3/c1-6-9-10-21(8-3)18-12-16(11-17(7-2)20-18)14-19-13-15(4)5/h11-12,15,19H,6-10,13-14H2,1-5H3. The van der Waals surface area contributed by atoms with E-state index in [1.807, 2.05) is 0 Å². The maximum atomic E-state index is 4.82. The smallest absolute Gasteiger partial charge is 0.129 e. The van der Waals surface area contributed by atoms with E-state index in [1.165, 1.54) is 24.1 Å². The summed E-state index contributed by atoms with van der Waals surface area (Å²) >= 11 is 0. The maximum Gasteiger partial charge on any atom is 0.129 e. The molecule has 1 aromatic rings. The van der Waals surface area contributed by atoms with Crippen molar-refractivity contribution < 1.29 is 0 Å². The van der Waals surface area contributed by atoms with Gasteiger partial charge in [-0.3, -0.25) is 0 Å². The van der Waals surface area contributed by atoms with Gasteiger partial charge in [0.25, 0.3) is 0 Å². The molecule has 120 valence electrons. The van der Waals surface area contributed by atoms with Gasteiger partial charge in [-0.1, -0.05) is 34.1 Å². The van der Waals surface area contributed by atoms with E-state index in [0.29, 0.717) is 5.92 Å². The molecule has 0 aliphatic heterocycles. The molecule has 3 heteroatoms. The SMILES string of the molecule is CCCCN(CC)c1cc(CNCC(C)C)cc(CC)n1. The van der Waals surface area contributed by atoms with Crippen molar-refractivity contribution in [3.8, 4) is 0 Å². The summed E-state index contributed by atoms with van der Waals surface area (Å²) in [6, 6.07) is 4.50. The zero-order valence-corrected chi connectivity index (χ0v) is 14.6. The molecule has 0 bridgehead atoms. The molecule has 1 N–H and O–H groups in total. The maximum absolute atomic E-state index is 4.82. The monoisotopic (exact) mass is 291 g/mol. The van der Waals surface area contributed by atoms with Crippen molar-refractivity contribution in [2.75, 3.05) is 24.5 Å². The molecule has 0 aliphatic rings. The van der Waals surface area contributed by atoms with Gasteiger partial charge in [0, 0.05) is 25.3 Å². The Morgan fingerprint density at radius 3 is 2.52 bits per heavy atom. The molecular weight excluding hydrogens is 258 g/mol. The van der Waals surface area contributed by atoms with Gasteiger partial charge in [-0.05, 0) is 49.9 Å². The zero-order valence-electron chi connectivity index (χ0n) is 14.6. The Kier molecular flexibility index (Phi) is 8.36. The molecule has 3 nitrogen and oxygen atoms in total. The minimum absolute atomic E-state index is 0.689. The van der Waals surface area contributed by atoms with Crippen molar-refractivity contribution in [3.05, 3.63) is 23.4 Å². The third-order valence-corrected chi connectivity index (χ3v) is 3.66. The summed E-state index contributed by atoms with van der Waals surface area (Å²) in [5.74, 6) is 1.83. The van der Waals surface area contributed by atoms with Crippen molar-refractivity contribution in [2.45, 2.75) is 60.4 Å². The van der Waals surface area contributed by atoms with Crippen LogP contribution in [-0.4, -0.2) is 24.6 Å². The Labute approximate surface area is 131 Å². The molecule has 0 saturated heterocycles. The van der Waals surface area contributed by atoms with Crippen LogP contribution < -0.4 is 10.2 Å². The van der Waals surface area contributed by atoms with Crippen LogP contribution in [0.4, 0.5) is 5.82 Å². The Balaban J connectivity index is 2.82. The molecule has 1 rings (SSSR count). The van der Waals surface area contributed by atoms with Gasteiger partial charge in [0.2, 0.25) is 0 Å². The van der Waals surface area contributed by atoms with Crippen molar-refractivity contribution in [3.63, 3.8) is 0 Å². The predicted octanol–water partition coefficient (Wildman–Crippen LogP) is 4.02. The lowest BCUT2D eigenvalue weighted by atomic mass is 10.1. The number of pyridine rings is 1. The number of aryl methyl sites for hydroxylation is 1. The van der Waals surface area contributed by atoms with Crippen molar-refractivity contribution in [1.82, 2.24) is 10.3 Å². The number of aromatic nitrogens is 1. The molecule has 0 aromatic carbocycles. The largest absolute Gasteiger partial charge is 0.357 e. The van der Waals surface area contributed by atoms with Gasteiger partial charge < -0.3 is 10.2 Å². The third-order valence-electron chi connectivity index (χ3n) is 3.66. The van der Waals surface area contributed by atoms with Crippen LogP contribution in [0.5, 0.6) is 0 Å². The van der Waals surface area contributed by atoms with E-state index in [1.54, 1.807) is 0 Å². The Hall–Kier alpha value is -1.09. The molecule has 0 atom stereocenters. The van der Waals surface area contributed by atoms with E-state index < -0.39 is 0 Å². The molecule has 0 radical (unpaired) electrons. The van der Waals surface area contributed by atoms with E-state index in [4.69, 9.17) is 4.98 Å². The zero-order chi connectivity index (χ0) is 15.7. The van der Waals surface area contributed by atoms with Gasteiger partial charge in [0.1, 0.15) is 5.82 Å². The van der Waals surface area contributed by atoms with E-state index in [9.17, 15) is 0 Å². The highest BCUT2D eigenvalue weighted by Crippen LogP contribution is 2.16. The minimum atomic E-state index is 0.689. The highest BCUT2D eigenvalue weighted by Gasteiger charge is 2.08. The second-order valence-electron chi connectivity index (χ2n) is 6.14. The van der Waals surface area contributed by atoms with Crippen LogP contribution in [0.1, 0.15) is 58.7 Å². The number of rotatable bonds is 10. The summed E-state index contributed by atoms with van der Waals surface area (Å²) in [6.45, 7) is 15.2. The summed E-state index contributed by atoms with van der Waals surface area (Å²) in [5.41, 5.74) is 2.55. The molecule has 0 amide bonds.